The number of hydrogen-bond donors (Lipinski definition) is 1. The molecule has 1 aromatic rings. The van der Waals surface area contributed by atoms with Gasteiger partial charge in [0.2, 0.25) is 0 Å². The van der Waals surface area contributed by atoms with E-state index in [1.807, 2.05) is 18.7 Å². The first-order valence-electron chi connectivity index (χ1n) is 5.89. The van der Waals surface area contributed by atoms with E-state index in [0.29, 0.717) is 0 Å². The second-order valence-electron chi connectivity index (χ2n) is 5.02. The van der Waals surface area contributed by atoms with E-state index in [4.69, 9.17) is 0 Å². The topological polar surface area (TPSA) is 41.3 Å². The number of nitrogens with zero attached hydrogens (tertiary/aromatic N) is 3. The molecule has 2 unspecified atom stereocenters. The predicted octanol–water partition coefficient (Wildman–Crippen LogP) is 1.31. The average molecular weight is 223 g/mol. The Bertz CT molecular complexity index is 386. The third kappa shape index (κ3) is 1.94. The summed E-state index contributed by atoms with van der Waals surface area (Å²) in [5.74, 6) is 2.72. The van der Waals surface area contributed by atoms with Gasteiger partial charge >= 0.3 is 0 Å². The summed E-state index contributed by atoms with van der Waals surface area (Å²) in [6.45, 7) is 5.37. The summed E-state index contributed by atoms with van der Waals surface area (Å²) in [4.78, 5) is 2.22. The fourth-order valence-corrected chi connectivity index (χ4v) is 2.44. The molecule has 0 saturated heterocycles. The standard InChI is InChI=1S/C12H21N3O/c1-8-5-10(8)6-14(3)12-11(7-16)9(2)13-15(12)4/h8,10,16H,5-7H2,1-4H3. The van der Waals surface area contributed by atoms with Gasteiger partial charge in [0, 0.05) is 26.2 Å². The SMILES string of the molecule is Cc1nn(C)c(N(C)CC2CC2C)c1CO. The molecule has 1 fully saturated rings. The fraction of sp³-hybridized carbons (Fsp3) is 0.750. The molecule has 4 nitrogen and oxygen atoms in total. The fourth-order valence-electron chi connectivity index (χ4n) is 2.44. The summed E-state index contributed by atoms with van der Waals surface area (Å²) in [5, 5.41) is 13.7. The molecule has 1 aliphatic carbocycles. The number of hydrogen-bond acceptors (Lipinski definition) is 3. The molecule has 2 rings (SSSR count). The monoisotopic (exact) mass is 223 g/mol. The number of aromatic nitrogens is 2. The summed E-state index contributed by atoms with van der Waals surface area (Å²) in [6.07, 6.45) is 1.33. The van der Waals surface area contributed by atoms with Gasteiger partial charge in [0.1, 0.15) is 5.82 Å². The molecule has 16 heavy (non-hydrogen) atoms. The van der Waals surface area contributed by atoms with Crippen molar-refractivity contribution in [3.8, 4) is 0 Å². The van der Waals surface area contributed by atoms with Crippen LogP contribution in [-0.2, 0) is 13.7 Å². The molecule has 1 heterocycles. The van der Waals surface area contributed by atoms with E-state index >= 15 is 0 Å². The molecule has 0 aliphatic heterocycles. The molecule has 90 valence electrons. The van der Waals surface area contributed by atoms with Crippen molar-refractivity contribution in [2.24, 2.45) is 18.9 Å². The lowest BCUT2D eigenvalue weighted by atomic mass is 10.2. The second-order valence-corrected chi connectivity index (χ2v) is 5.02. The first-order chi connectivity index (χ1) is 7.54. The van der Waals surface area contributed by atoms with Gasteiger partial charge in [-0.2, -0.15) is 5.10 Å². The van der Waals surface area contributed by atoms with Crippen LogP contribution in [-0.4, -0.2) is 28.5 Å². The van der Waals surface area contributed by atoms with Crippen LogP contribution < -0.4 is 4.90 Å². The molecule has 1 aliphatic rings. The highest BCUT2D eigenvalue weighted by Gasteiger charge is 2.34. The molecular formula is C12H21N3O. The minimum Gasteiger partial charge on any atom is -0.391 e. The molecular weight excluding hydrogens is 202 g/mol. The van der Waals surface area contributed by atoms with Crippen molar-refractivity contribution < 1.29 is 5.11 Å². The lowest BCUT2D eigenvalue weighted by Gasteiger charge is -2.20. The smallest absolute Gasteiger partial charge is 0.132 e. The van der Waals surface area contributed by atoms with Gasteiger partial charge < -0.3 is 10.0 Å². The van der Waals surface area contributed by atoms with Crippen molar-refractivity contribution >= 4 is 5.82 Å². The van der Waals surface area contributed by atoms with Gasteiger partial charge in [0.25, 0.3) is 0 Å². The summed E-state index contributed by atoms with van der Waals surface area (Å²) in [5.41, 5.74) is 1.88. The van der Waals surface area contributed by atoms with Crippen molar-refractivity contribution in [2.75, 3.05) is 18.5 Å². The van der Waals surface area contributed by atoms with Crippen LogP contribution in [0.4, 0.5) is 5.82 Å². The number of rotatable bonds is 4. The minimum absolute atomic E-state index is 0.0690. The molecule has 1 N–H and O–H groups in total. The van der Waals surface area contributed by atoms with Crippen LogP contribution in [0.25, 0.3) is 0 Å². The van der Waals surface area contributed by atoms with Crippen LogP contribution >= 0.6 is 0 Å². The van der Waals surface area contributed by atoms with E-state index in [2.05, 4.69) is 24.0 Å². The van der Waals surface area contributed by atoms with Gasteiger partial charge in [0.15, 0.2) is 0 Å². The van der Waals surface area contributed by atoms with Crippen LogP contribution in [0.15, 0.2) is 0 Å². The Morgan fingerprint density at radius 2 is 2.19 bits per heavy atom. The molecule has 1 aromatic heterocycles. The van der Waals surface area contributed by atoms with Crippen LogP contribution in [0.2, 0.25) is 0 Å². The van der Waals surface area contributed by atoms with E-state index in [-0.39, 0.29) is 6.61 Å². The second kappa shape index (κ2) is 4.09. The normalized spacial score (nSPS) is 23.6. The minimum atomic E-state index is 0.0690. The van der Waals surface area contributed by atoms with Crippen LogP contribution in [0.1, 0.15) is 24.6 Å². The Kier molecular flexibility index (Phi) is 2.93. The maximum Gasteiger partial charge on any atom is 0.132 e. The van der Waals surface area contributed by atoms with E-state index in [1.54, 1.807) is 0 Å². The summed E-state index contributed by atoms with van der Waals surface area (Å²) in [7, 11) is 4.02. The molecule has 0 bridgehead atoms. The lowest BCUT2D eigenvalue weighted by Crippen LogP contribution is -2.24. The van der Waals surface area contributed by atoms with Crippen molar-refractivity contribution in [3.05, 3.63) is 11.3 Å². The largest absolute Gasteiger partial charge is 0.391 e. The maximum atomic E-state index is 9.38. The Labute approximate surface area is 96.9 Å². The maximum absolute atomic E-state index is 9.38. The van der Waals surface area contributed by atoms with Gasteiger partial charge in [0.05, 0.1) is 12.3 Å². The number of aliphatic hydroxyl groups excluding tert-OH is 1. The van der Waals surface area contributed by atoms with E-state index in [1.165, 1.54) is 6.42 Å². The first-order valence-corrected chi connectivity index (χ1v) is 5.89. The summed E-state index contributed by atoms with van der Waals surface area (Å²) < 4.78 is 1.87. The molecule has 0 spiro atoms. The number of anilines is 1. The van der Waals surface area contributed by atoms with Gasteiger partial charge in [-0.05, 0) is 25.2 Å². The summed E-state index contributed by atoms with van der Waals surface area (Å²) >= 11 is 0. The first kappa shape index (κ1) is 11.5. The molecule has 0 amide bonds. The van der Waals surface area contributed by atoms with Gasteiger partial charge in [-0.1, -0.05) is 6.92 Å². The van der Waals surface area contributed by atoms with Crippen LogP contribution in [0, 0.1) is 18.8 Å². The molecule has 0 aromatic carbocycles. The Hall–Kier alpha value is -1.03. The Balaban J connectivity index is 2.17. The molecule has 1 saturated carbocycles. The Morgan fingerprint density at radius 3 is 2.69 bits per heavy atom. The van der Waals surface area contributed by atoms with Crippen LogP contribution in [0.5, 0.6) is 0 Å². The third-order valence-electron chi connectivity index (χ3n) is 3.62. The number of aliphatic hydroxyl groups is 1. The van der Waals surface area contributed by atoms with Gasteiger partial charge in [-0.3, -0.25) is 4.68 Å². The van der Waals surface area contributed by atoms with Crippen molar-refractivity contribution in [1.29, 1.82) is 0 Å². The van der Waals surface area contributed by atoms with Crippen molar-refractivity contribution in [2.45, 2.75) is 26.9 Å². The van der Waals surface area contributed by atoms with Gasteiger partial charge in [-0.25, -0.2) is 0 Å². The highest BCUT2D eigenvalue weighted by Crippen LogP contribution is 2.39. The summed E-state index contributed by atoms with van der Waals surface area (Å²) in [6, 6.07) is 0. The quantitative estimate of drug-likeness (QED) is 0.837. The number of aryl methyl sites for hydroxylation is 2. The van der Waals surface area contributed by atoms with Gasteiger partial charge in [-0.15, -0.1) is 0 Å². The molecule has 0 radical (unpaired) electrons. The average Bonchev–Trinajstić information content (AvgIpc) is 2.79. The highest BCUT2D eigenvalue weighted by molar-refractivity contribution is 5.49. The third-order valence-corrected chi connectivity index (χ3v) is 3.62. The lowest BCUT2D eigenvalue weighted by molar-refractivity contribution is 0.281. The highest BCUT2D eigenvalue weighted by atomic mass is 16.3. The molecule has 4 heteroatoms. The predicted molar refractivity (Wildman–Crippen MR) is 64.4 cm³/mol. The zero-order valence-corrected chi connectivity index (χ0v) is 10.6. The zero-order valence-electron chi connectivity index (χ0n) is 10.6. The van der Waals surface area contributed by atoms with E-state index in [9.17, 15) is 5.11 Å². The molecule has 2 atom stereocenters. The van der Waals surface area contributed by atoms with E-state index in [0.717, 1.165) is 35.5 Å². The van der Waals surface area contributed by atoms with E-state index < -0.39 is 0 Å². The van der Waals surface area contributed by atoms with Crippen molar-refractivity contribution in [1.82, 2.24) is 9.78 Å². The van der Waals surface area contributed by atoms with Crippen LogP contribution in [0.3, 0.4) is 0 Å². The zero-order chi connectivity index (χ0) is 11.9. The van der Waals surface area contributed by atoms with Crippen molar-refractivity contribution in [3.63, 3.8) is 0 Å². The Morgan fingerprint density at radius 1 is 1.56 bits per heavy atom.